The third kappa shape index (κ3) is 2.86. The van der Waals surface area contributed by atoms with Crippen LogP contribution in [0.5, 0.6) is 5.75 Å². The standard InChI is InChI=1S/C16H20N4O3/c1-11-17-14(21)16(19-11)7-9-20(10-8-16)15(22)18-12-5-3-4-6-13(12)23-2/h3-6H,7-10H2,1-2H3,(H,18,22)(H,17,19,21). The highest BCUT2D eigenvalue weighted by molar-refractivity contribution is 6.07. The number of amidine groups is 1. The number of hydrogen-bond acceptors (Lipinski definition) is 4. The zero-order valence-electron chi connectivity index (χ0n) is 13.3. The van der Waals surface area contributed by atoms with E-state index >= 15 is 0 Å². The van der Waals surface area contributed by atoms with Crippen molar-refractivity contribution in [3.8, 4) is 5.75 Å². The first-order valence-corrected chi connectivity index (χ1v) is 7.61. The Bertz CT molecular complexity index is 663. The predicted molar refractivity (Wildman–Crippen MR) is 86.8 cm³/mol. The fourth-order valence-electron chi connectivity index (χ4n) is 3.04. The number of para-hydroxylation sites is 2. The quantitative estimate of drug-likeness (QED) is 0.869. The van der Waals surface area contributed by atoms with E-state index in [1.54, 1.807) is 31.1 Å². The normalized spacial score (nSPS) is 19.3. The average Bonchev–Trinajstić information content (AvgIpc) is 2.82. The third-order valence-corrected chi connectivity index (χ3v) is 4.33. The minimum atomic E-state index is -0.689. The largest absolute Gasteiger partial charge is 0.495 e. The van der Waals surface area contributed by atoms with Crippen molar-refractivity contribution in [2.75, 3.05) is 25.5 Å². The second-order valence-corrected chi connectivity index (χ2v) is 5.80. The summed E-state index contributed by atoms with van der Waals surface area (Å²) in [5.41, 5.74) is -0.0570. The number of nitrogens with one attached hydrogen (secondary N) is 2. The molecule has 0 atom stereocenters. The Kier molecular flexibility index (Phi) is 3.94. The van der Waals surface area contributed by atoms with Crippen molar-refractivity contribution >= 4 is 23.5 Å². The van der Waals surface area contributed by atoms with Crippen LogP contribution in [-0.4, -0.2) is 48.4 Å². The molecule has 7 nitrogen and oxygen atoms in total. The minimum Gasteiger partial charge on any atom is -0.495 e. The van der Waals surface area contributed by atoms with Crippen molar-refractivity contribution < 1.29 is 14.3 Å². The summed E-state index contributed by atoms with van der Waals surface area (Å²) in [5.74, 6) is 1.21. The van der Waals surface area contributed by atoms with E-state index < -0.39 is 5.54 Å². The van der Waals surface area contributed by atoms with Gasteiger partial charge in [-0.1, -0.05) is 12.1 Å². The summed E-state index contributed by atoms with van der Waals surface area (Å²) in [7, 11) is 1.56. The zero-order valence-corrected chi connectivity index (χ0v) is 13.3. The molecule has 1 aromatic carbocycles. The van der Waals surface area contributed by atoms with Crippen LogP contribution in [0.2, 0.25) is 0 Å². The number of methoxy groups -OCH3 is 1. The molecule has 0 radical (unpaired) electrons. The number of piperidine rings is 1. The molecule has 23 heavy (non-hydrogen) atoms. The number of rotatable bonds is 2. The van der Waals surface area contributed by atoms with Gasteiger partial charge in [0.2, 0.25) is 0 Å². The van der Waals surface area contributed by atoms with Gasteiger partial charge in [-0.2, -0.15) is 0 Å². The lowest BCUT2D eigenvalue weighted by molar-refractivity contribution is -0.125. The lowest BCUT2D eigenvalue weighted by Gasteiger charge is -2.35. The van der Waals surface area contributed by atoms with Crippen LogP contribution in [0.3, 0.4) is 0 Å². The molecule has 2 aliphatic rings. The Morgan fingerprint density at radius 3 is 2.65 bits per heavy atom. The van der Waals surface area contributed by atoms with Gasteiger partial charge in [0.05, 0.1) is 12.8 Å². The summed E-state index contributed by atoms with van der Waals surface area (Å²) in [5, 5.41) is 5.61. The molecule has 2 heterocycles. The van der Waals surface area contributed by atoms with Gasteiger partial charge in [0.25, 0.3) is 5.91 Å². The number of aliphatic imine (C=N–C) groups is 1. The number of hydrogen-bond donors (Lipinski definition) is 2. The second-order valence-electron chi connectivity index (χ2n) is 5.80. The summed E-state index contributed by atoms with van der Waals surface area (Å²) >= 11 is 0. The van der Waals surface area contributed by atoms with E-state index in [1.165, 1.54) is 0 Å². The van der Waals surface area contributed by atoms with Crippen molar-refractivity contribution in [3.63, 3.8) is 0 Å². The maximum absolute atomic E-state index is 12.4. The summed E-state index contributed by atoms with van der Waals surface area (Å²) in [6, 6.07) is 7.08. The van der Waals surface area contributed by atoms with Crippen molar-refractivity contribution in [2.24, 2.45) is 4.99 Å². The first-order chi connectivity index (χ1) is 11.0. The van der Waals surface area contributed by atoms with Crippen molar-refractivity contribution in [3.05, 3.63) is 24.3 Å². The average molecular weight is 316 g/mol. The number of carbonyl (C=O) groups excluding carboxylic acids is 2. The number of carbonyl (C=O) groups is 2. The lowest BCUT2D eigenvalue weighted by Crippen LogP contribution is -2.51. The number of likely N-dealkylation sites (tertiary alicyclic amines) is 1. The van der Waals surface area contributed by atoms with Crippen molar-refractivity contribution in [2.45, 2.75) is 25.3 Å². The summed E-state index contributed by atoms with van der Waals surface area (Å²) in [4.78, 5) is 30.6. The van der Waals surface area contributed by atoms with Gasteiger partial charge in [-0.15, -0.1) is 0 Å². The van der Waals surface area contributed by atoms with E-state index in [4.69, 9.17) is 4.74 Å². The molecule has 3 amide bonds. The first kappa shape index (κ1) is 15.3. The Morgan fingerprint density at radius 2 is 2.04 bits per heavy atom. The number of amides is 3. The molecule has 7 heteroatoms. The van der Waals surface area contributed by atoms with Crippen LogP contribution in [0.15, 0.2) is 29.3 Å². The zero-order chi connectivity index (χ0) is 16.4. The second kappa shape index (κ2) is 5.91. The summed E-state index contributed by atoms with van der Waals surface area (Å²) in [6.07, 6.45) is 1.07. The number of benzene rings is 1. The van der Waals surface area contributed by atoms with Crippen LogP contribution in [0.1, 0.15) is 19.8 Å². The van der Waals surface area contributed by atoms with Crippen LogP contribution >= 0.6 is 0 Å². The van der Waals surface area contributed by atoms with Crippen LogP contribution in [0.25, 0.3) is 0 Å². The molecule has 1 saturated heterocycles. The molecule has 0 bridgehead atoms. The molecule has 3 rings (SSSR count). The maximum atomic E-state index is 12.4. The highest BCUT2D eigenvalue weighted by Crippen LogP contribution is 2.30. The van der Waals surface area contributed by atoms with E-state index in [0.29, 0.717) is 43.2 Å². The monoisotopic (exact) mass is 316 g/mol. The molecule has 0 aromatic heterocycles. The molecule has 1 spiro atoms. The molecule has 0 aliphatic carbocycles. The van der Waals surface area contributed by atoms with Gasteiger partial charge in [0.1, 0.15) is 17.1 Å². The summed E-state index contributed by atoms with van der Waals surface area (Å²) in [6.45, 7) is 2.77. The number of anilines is 1. The van der Waals surface area contributed by atoms with E-state index in [-0.39, 0.29) is 11.9 Å². The van der Waals surface area contributed by atoms with Crippen LogP contribution in [0.4, 0.5) is 10.5 Å². The molecule has 0 saturated carbocycles. The minimum absolute atomic E-state index is 0.0558. The van der Waals surface area contributed by atoms with E-state index in [1.807, 2.05) is 12.1 Å². The fraction of sp³-hybridized carbons (Fsp3) is 0.438. The third-order valence-electron chi connectivity index (χ3n) is 4.33. The molecule has 2 aliphatic heterocycles. The molecular formula is C16H20N4O3. The highest BCUT2D eigenvalue weighted by atomic mass is 16.5. The van der Waals surface area contributed by atoms with Gasteiger partial charge in [-0.05, 0) is 31.9 Å². The van der Waals surface area contributed by atoms with Gasteiger partial charge in [-0.25, -0.2) is 4.79 Å². The molecule has 1 fully saturated rings. The highest BCUT2D eigenvalue weighted by Gasteiger charge is 2.45. The molecular weight excluding hydrogens is 296 g/mol. The smallest absolute Gasteiger partial charge is 0.321 e. The Hall–Kier alpha value is -2.57. The Labute approximate surface area is 134 Å². The van der Waals surface area contributed by atoms with Gasteiger partial charge in [0, 0.05) is 13.1 Å². The van der Waals surface area contributed by atoms with E-state index in [0.717, 1.165) is 0 Å². The van der Waals surface area contributed by atoms with Gasteiger partial charge >= 0.3 is 6.03 Å². The molecule has 0 unspecified atom stereocenters. The van der Waals surface area contributed by atoms with Gasteiger partial charge < -0.3 is 20.3 Å². The Balaban J connectivity index is 1.64. The fourth-order valence-corrected chi connectivity index (χ4v) is 3.04. The summed E-state index contributed by atoms with van der Waals surface area (Å²) < 4.78 is 5.23. The first-order valence-electron chi connectivity index (χ1n) is 7.61. The number of ether oxygens (including phenoxy) is 1. The van der Waals surface area contributed by atoms with E-state index in [2.05, 4.69) is 15.6 Å². The molecule has 1 aromatic rings. The number of urea groups is 1. The number of nitrogens with zero attached hydrogens (tertiary/aromatic N) is 2. The van der Waals surface area contributed by atoms with Gasteiger partial charge in [0.15, 0.2) is 0 Å². The lowest BCUT2D eigenvalue weighted by atomic mass is 9.88. The van der Waals surface area contributed by atoms with Crippen LogP contribution < -0.4 is 15.4 Å². The maximum Gasteiger partial charge on any atom is 0.321 e. The van der Waals surface area contributed by atoms with Crippen molar-refractivity contribution in [1.29, 1.82) is 0 Å². The SMILES string of the molecule is COc1ccccc1NC(=O)N1CCC2(CC1)N=C(C)NC2=O. The topological polar surface area (TPSA) is 83.0 Å². The molecule has 122 valence electrons. The molecule has 2 N–H and O–H groups in total. The van der Waals surface area contributed by atoms with Crippen LogP contribution in [0, 0.1) is 0 Å². The Morgan fingerprint density at radius 1 is 1.35 bits per heavy atom. The van der Waals surface area contributed by atoms with Gasteiger partial charge in [-0.3, -0.25) is 9.79 Å². The van der Waals surface area contributed by atoms with Crippen LogP contribution in [-0.2, 0) is 4.79 Å². The van der Waals surface area contributed by atoms with E-state index in [9.17, 15) is 9.59 Å². The predicted octanol–water partition coefficient (Wildman–Crippen LogP) is 1.61. The van der Waals surface area contributed by atoms with Crippen molar-refractivity contribution in [1.82, 2.24) is 10.2 Å².